The molecule has 192 valence electrons. The third-order valence-electron chi connectivity index (χ3n) is 7.38. The Morgan fingerprint density at radius 3 is 2.14 bits per heavy atom. The van der Waals surface area contributed by atoms with E-state index in [1.165, 1.54) is 65.4 Å². The van der Waals surface area contributed by atoms with Crippen molar-refractivity contribution in [2.75, 3.05) is 40.5 Å². The summed E-state index contributed by atoms with van der Waals surface area (Å²) in [6.07, 6.45) is 5.97. The number of hydrogen-bond donors (Lipinski definition) is 0. The van der Waals surface area contributed by atoms with E-state index in [1.54, 1.807) is 14.2 Å². The predicted molar refractivity (Wildman–Crippen MR) is 152 cm³/mol. The first-order chi connectivity index (χ1) is 18.2. The van der Waals surface area contributed by atoms with Crippen molar-refractivity contribution in [2.24, 2.45) is 0 Å². The molecule has 0 radical (unpaired) electrons. The van der Waals surface area contributed by atoms with E-state index in [0.29, 0.717) is 0 Å². The third-order valence-corrected chi connectivity index (χ3v) is 7.38. The predicted octanol–water partition coefficient (Wildman–Crippen LogP) is 7.37. The van der Waals surface area contributed by atoms with Crippen molar-refractivity contribution in [1.29, 1.82) is 0 Å². The zero-order chi connectivity index (χ0) is 25.5. The Labute approximate surface area is 220 Å². The normalized spacial score (nSPS) is 14.0. The second-order valence-electron chi connectivity index (χ2n) is 9.83. The molecule has 1 aliphatic heterocycles. The molecule has 4 heteroatoms. The summed E-state index contributed by atoms with van der Waals surface area (Å²) in [6, 6.07) is 27.7. The van der Waals surface area contributed by atoms with Gasteiger partial charge in [0.25, 0.3) is 0 Å². The van der Waals surface area contributed by atoms with Crippen LogP contribution in [0.4, 0.5) is 0 Å². The van der Waals surface area contributed by atoms with Crippen LogP contribution in [0.1, 0.15) is 36.8 Å². The van der Waals surface area contributed by atoms with E-state index in [2.05, 4.69) is 65.6 Å². The third kappa shape index (κ3) is 6.26. The zero-order valence-corrected chi connectivity index (χ0v) is 22.0. The number of likely N-dealkylation sites (tertiary alicyclic amines) is 1. The highest BCUT2D eigenvalue weighted by atomic mass is 16.5. The lowest BCUT2D eigenvalue weighted by molar-refractivity contribution is 0.205. The first-order valence-corrected chi connectivity index (χ1v) is 13.4. The van der Waals surface area contributed by atoms with E-state index in [9.17, 15) is 0 Å². The van der Waals surface area contributed by atoms with Crippen LogP contribution in [-0.4, -0.2) is 45.4 Å². The number of ether oxygens (including phenoxy) is 3. The van der Waals surface area contributed by atoms with Crippen molar-refractivity contribution in [2.45, 2.75) is 32.1 Å². The van der Waals surface area contributed by atoms with Gasteiger partial charge in [-0.1, -0.05) is 48.9 Å². The number of hydrogen-bond acceptors (Lipinski definition) is 4. The van der Waals surface area contributed by atoms with Crippen LogP contribution in [-0.2, 0) is 6.42 Å². The second-order valence-corrected chi connectivity index (χ2v) is 9.83. The van der Waals surface area contributed by atoms with Gasteiger partial charge in [0.05, 0.1) is 20.8 Å². The standard InChI is InChI=1S/C33H37NO3/c1-35-28-14-9-26(10-15-28)31-17-11-27-24-30(36-2)16-18-32(27)33(31)23-25-7-12-29(13-8-25)37-22-6-21-34-19-4-3-5-20-34/h7-18,24H,3-6,19-23H2,1-2H3. The van der Waals surface area contributed by atoms with Crippen LogP contribution >= 0.6 is 0 Å². The van der Waals surface area contributed by atoms with Gasteiger partial charge in [0.1, 0.15) is 17.2 Å². The molecular formula is C33H37NO3. The highest BCUT2D eigenvalue weighted by Gasteiger charge is 2.13. The minimum Gasteiger partial charge on any atom is -0.497 e. The molecule has 1 fully saturated rings. The molecule has 5 rings (SSSR count). The van der Waals surface area contributed by atoms with Crippen LogP contribution in [0.15, 0.2) is 78.9 Å². The zero-order valence-electron chi connectivity index (χ0n) is 22.0. The van der Waals surface area contributed by atoms with Gasteiger partial charge in [0.15, 0.2) is 0 Å². The molecule has 4 nitrogen and oxygen atoms in total. The summed E-state index contributed by atoms with van der Waals surface area (Å²) in [5.74, 6) is 2.68. The Kier molecular flexibility index (Phi) is 8.27. The Balaban J connectivity index is 1.33. The van der Waals surface area contributed by atoms with Gasteiger partial charge in [-0.25, -0.2) is 0 Å². The van der Waals surface area contributed by atoms with E-state index >= 15 is 0 Å². The van der Waals surface area contributed by atoms with E-state index in [4.69, 9.17) is 14.2 Å². The monoisotopic (exact) mass is 495 g/mol. The molecule has 0 bridgehead atoms. The first kappa shape index (κ1) is 25.2. The van der Waals surface area contributed by atoms with Gasteiger partial charge in [-0.2, -0.15) is 0 Å². The maximum Gasteiger partial charge on any atom is 0.119 e. The molecule has 0 aliphatic carbocycles. The highest BCUT2D eigenvalue weighted by molar-refractivity contribution is 5.93. The van der Waals surface area contributed by atoms with Gasteiger partial charge < -0.3 is 19.1 Å². The molecule has 0 unspecified atom stereocenters. The van der Waals surface area contributed by atoms with Gasteiger partial charge in [-0.15, -0.1) is 0 Å². The Morgan fingerprint density at radius 1 is 0.703 bits per heavy atom. The molecule has 0 amide bonds. The summed E-state index contributed by atoms with van der Waals surface area (Å²) in [5.41, 5.74) is 4.99. The minimum atomic E-state index is 0.766. The number of nitrogens with zero attached hydrogens (tertiary/aromatic N) is 1. The summed E-state index contributed by atoms with van der Waals surface area (Å²) in [4.78, 5) is 2.57. The van der Waals surface area contributed by atoms with Gasteiger partial charge in [-0.05, 0) is 108 Å². The van der Waals surface area contributed by atoms with Gasteiger partial charge in [-0.3, -0.25) is 0 Å². The Morgan fingerprint density at radius 2 is 1.41 bits per heavy atom. The van der Waals surface area contributed by atoms with E-state index in [-0.39, 0.29) is 0 Å². The van der Waals surface area contributed by atoms with Crippen molar-refractivity contribution in [3.05, 3.63) is 90.0 Å². The number of fused-ring (bicyclic) bond motifs is 1. The molecule has 0 saturated carbocycles. The van der Waals surface area contributed by atoms with Crippen molar-refractivity contribution in [1.82, 2.24) is 4.90 Å². The summed E-state index contributed by atoms with van der Waals surface area (Å²) in [7, 11) is 3.41. The second kappa shape index (κ2) is 12.2. The number of benzene rings is 4. The minimum absolute atomic E-state index is 0.766. The molecule has 1 aliphatic rings. The molecule has 1 saturated heterocycles. The fraction of sp³-hybridized carbons (Fsp3) is 0.333. The molecule has 0 aromatic heterocycles. The quantitative estimate of drug-likeness (QED) is 0.215. The molecule has 37 heavy (non-hydrogen) atoms. The van der Waals surface area contributed by atoms with Crippen LogP contribution in [0.3, 0.4) is 0 Å². The number of methoxy groups -OCH3 is 2. The molecule has 0 N–H and O–H groups in total. The lowest BCUT2D eigenvalue weighted by atomic mass is 9.90. The van der Waals surface area contributed by atoms with Crippen LogP contribution in [0.2, 0.25) is 0 Å². The van der Waals surface area contributed by atoms with Crippen molar-refractivity contribution in [3.8, 4) is 28.4 Å². The summed E-state index contributed by atoms with van der Waals surface area (Å²) >= 11 is 0. The van der Waals surface area contributed by atoms with E-state index in [1.807, 2.05) is 18.2 Å². The van der Waals surface area contributed by atoms with Crippen LogP contribution in [0.25, 0.3) is 21.9 Å². The summed E-state index contributed by atoms with van der Waals surface area (Å²) in [5, 5.41) is 2.42. The van der Waals surface area contributed by atoms with Gasteiger partial charge in [0.2, 0.25) is 0 Å². The smallest absolute Gasteiger partial charge is 0.119 e. The first-order valence-electron chi connectivity index (χ1n) is 13.4. The maximum absolute atomic E-state index is 6.06. The molecule has 4 aromatic rings. The average Bonchev–Trinajstić information content (AvgIpc) is 2.96. The van der Waals surface area contributed by atoms with Gasteiger partial charge in [0, 0.05) is 6.54 Å². The molecule has 1 heterocycles. The van der Waals surface area contributed by atoms with Crippen LogP contribution < -0.4 is 14.2 Å². The molecule has 4 aromatic carbocycles. The Hall–Kier alpha value is -3.50. The SMILES string of the molecule is COc1ccc(-c2ccc3cc(OC)ccc3c2Cc2ccc(OCCCN3CCCCC3)cc2)cc1. The molecule has 0 atom stereocenters. The Bertz CT molecular complexity index is 1290. The van der Waals surface area contributed by atoms with Gasteiger partial charge >= 0.3 is 0 Å². The van der Waals surface area contributed by atoms with Crippen LogP contribution in [0, 0.1) is 0 Å². The highest BCUT2D eigenvalue weighted by Crippen LogP contribution is 2.34. The van der Waals surface area contributed by atoms with E-state index < -0.39 is 0 Å². The molecule has 0 spiro atoms. The molecular weight excluding hydrogens is 458 g/mol. The average molecular weight is 496 g/mol. The fourth-order valence-corrected chi connectivity index (χ4v) is 5.30. The summed E-state index contributed by atoms with van der Waals surface area (Å²) < 4.78 is 16.9. The topological polar surface area (TPSA) is 30.9 Å². The number of rotatable bonds is 10. The van der Waals surface area contributed by atoms with Crippen molar-refractivity contribution >= 4 is 10.8 Å². The lowest BCUT2D eigenvalue weighted by Gasteiger charge is -2.26. The van der Waals surface area contributed by atoms with Crippen LogP contribution in [0.5, 0.6) is 17.2 Å². The van der Waals surface area contributed by atoms with E-state index in [0.717, 1.165) is 43.2 Å². The number of piperidine rings is 1. The van der Waals surface area contributed by atoms with Crippen molar-refractivity contribution < 1.29 is 14.2 Å². The maximum atomic E-state index is 6.06. The fourth-order valence-electron chi connectivity index (χ4n) is 5.30. The lowest BCUT2D eigenvalue weighted by Crippen LogP contribution is -2.31. The van der Waals surface area contributed by atoms with Crippen molar-refractivity contribution in [3.63, 3.8) is 0 Å². The summed E-state index contributed by atoms with van der Waals surface area (Å²) in [6.45, 7) is 4.39. The largest absolute Gasteiger partial charge is 0.497 e.